The van der Waals surface area contributed by atoms with Crippen LogP contribution in [0.5, 0.6) is 0 Å². The van der Waals surface area contributed by atoms with Crippen LogP contribution in [0.15, 0.2) is 33.9 Å². The molecular formula is C18H19N4O9P. The number of nitro benzene ring substituents is 2. The summed E-state index contributed by atoms with van der Waals surface area (Å²) in [7, 11) is -4.02. The summed E-state index contributed by atoms with van der Waals surface area (Å²) >= 11 is 0. The molecule has 1 aromatic heterocycles. The Kier molecular flexibility index (Phi) is 6.26. The zero-order valence-corrected chi connectivity index (χ0v) is 18.2. The van der Waals surface area contributed by atoms with Gasteiger partial charge in [0.15, 0.2) is 0 Å². The highest BCUT2D eigenvalue weighted by Gasteiger charge is 2.37. The van der Waals surface area contributed by atoms with Gasteiger partial charge in [-0.2, -0.15) is 0 Å². The molecule has 13 nitrogen and oxygen atoms in total. The molecule has 0 fully saturated rings. The number of fused-ring (bicyclic) bond motifs is 3. The molecule has 170 valence electrons. The van der Waals surface area contributed by atoms with Crippen molar-refractivity contribution in [1.82, 2.24) is 9.55 Å². The van der Waals surface area contributed by atoms with Crippen molar-refractivity contribution < 1.29 is 23.5 Å². The van der Waals surface area contributed by atoms with Crippen molar-refractivity contribution in [2.45, 2.75) is 26.6 Å². The molecule has 0 bridgehead atoms. The van der Waals surface area contributed by atoms with E-state index in [1.807, 2.05) is 0 Å². The minimum Gasteiger partial charge on any atom is -0.316 e. The van der Waals surface area contributed by atoms with Crippen LogP contribution in [0.1, 0.15) is 26.6 Å². The summed E-state index contributed by atoms with van der Waals surface area (Å²) in [4.78, 5) is 49.4. The van der Waals surface area contributed by atoms with Crippen molar-refractivity contribution in [3.05, 3.63) is 65.2 Å². The van der Waals surface area contributed by atoms with Crippen molar-refractivity contribution in [2.75, 3.05) is 13.2 Å². The molecule has 0 aliphatic heterocycles. The third kappa shape index (κ3) is 3.70. The fraction of sp³-hybridized carbons (Fsp3) is 0.333. The molecule has 2 aromatic carbocycles. The van der Waals surface area contributed by atoms with Gasteiger partial charge >= 0.3 is 18.7 Å². The van der Waals surface area contributed by atoms with E-state index in [9.17, 15) is 34.4 Å². The Morgan fingerprint density at radius 1 is 1.09 bits per heavy atom. The van der Waals surface area contributed by atoms with Crippen LogP contribution in [0.4, 0.5) is 11.4 Å². The Morgan fingerprint density at radius 2 is 1.69 bits per heavy atom. The van der Waals surface area contributed by atoms with Crippen LogP contribution in [0.2, 0.25) is 0 Å². The average molecular weight is 466 g/mol. The third-order valence-electron chi connectivity index (χ3n) is 4.84. The molecule has 0 amide bonds. The second-order valence-electron chi connectivity index (χ2n) is 6.64. The monoisotopic (exact) mass is 466 g/mol. The lowest BCUT2D eigenvalue weighted by Crippen LogP contribution is -2.38. The van der Waals surface area contributed by atoms with Gasteiger partial charge in [0.1, 0.15) is 5.78 Å². The van der Waals surface area contributed by atoms with Crippen LogP contribution in [0.3, 0.4) is 0 Å². The molecular weight excluding hydrogens is 447 g/mol. The van der Waals surface area contributed by atoms with Gasteiger partial charge < -0.3 is 14.0 Å². The number of nitro groups is 2. The van der Waals surface area contributed by atoms with Gasteiger partial charge in [0, 0.05) is 12.1 Å². The van der Waals surface area contributed by atoms with Crippen LogP contribution >= 0.6 is 7.60 Å². The summed E-state index contributed by atoms with van der Waals surface area (Å²) in [6, 6.07) is 4.66. The molecule has 0 aliphatic carbocycles. The smallest absolute Gasteiger partial charge is 0.316 e. The van der Waals surface area contributed by atoms with E-state index in [0.29, 0.717) is 0 Å². The molecule has 0 aliphatic rings. The summed E-state index contributed by atoms with van der Waals surface area (Å²) in [6.07, 6.45) is 0. The number of aromatic nitrogens is 2. The van der Waals surface area contributed by atoms with Crippen molar-refractivity contribution in [3.63, 3.8) is 0 Å². The van der Waals surface area contributed by atoms with Gasteiger partial charge in [-0.15, -0.1) is 0 Å². The lowest BCUT2D eigenvalue weighted by molar-refractivity contribution is -0.384. The van der Waals surface area contributed by atoms with Crippen molar-refractivity contribution in [2.24, 2.45) is 0 Å². The predicted molar refractivity (Wildman–Crippen MR) is 115 cm³/mol. The highest BCUT2D eigenvalue weighted by atomic mass is 31.2. The van der Waals surface area contributed by atoms with E-state index >= 15 is 0 Å². The highest BCUT2D eigenvalue weighted by molar-refractivity contribution is 7.53. The summed E-state index contributed by atoms with van der Waals surface area (Å²) in [5, 5.41) is 23.0. The maximum absolute atomic E-state index is 13.4. The minimum absolute atomic E-state index is 0.0378. The second kappa shape index (κ2) is 8.61. The molecule has 1 atom stereocenters. The standard InChI is InChI=1S/C18H19N4O9P/c1-4-30-32(29,31-5-2)10(3)20-16-12(19-17(23)18(20)24)9-14(22(27)28)11-7-6-8-13(15(11)16)21(25)26/h6-10H,4-5H2,1-3H3,(H,19,23). The van der Waals surface area contributed by atoms with E-state index in [1.165, 1.54) is 19.1 Å². The Balaban J connectivity index is 2.63. The van der Waals surface area contributed by atoms with E-state index in [0.717, 1.165) is 16.7 Å². The van der Waals surface area contributed by atoms with Gasteiger partial charge in [-0.05, 0) is 26.8 Å². The van der Waals surface area contributed by atoms with Gasteiger partial charge in [-0.3, -0.25) is 38.9 Å². The first kappa shape index (κ1) is 23.3. The number of H-pyrrole nitrogens is 1. The number of nitrogens with zero attached hydrogens (tertiary/aromatic N) is 3. The fourth-order valence-corrected chi connectivity index (χ4v) is 5.30. The van der Waals surface area contributed by atoms with Crippen LogP contribution in [-0.4, -0.2) is 32.6 Å². The molecule has 1 N–H and O–H groups in total. The van der Waals surface area contributed by atoms with Crippen molar-refractivity contribution in [1.29, 1.82) is 0 Å². The summed E-state index contributed by atoms with van der Waals surface area (Å²) in [6.45, 7) is 4.35. The number of rotatable bonds is 8. The molecule has 3 rings (SSSR count). The number of aromatic amines is 1. The quantitative estimate of drug-likeness (QED) is 0.171. The topological polar surface area (TPSA) is 177 Å². The first-order chi connectivity index (χ1) is 15.1. The first-order valence-electron chi connectivity index (χ1n) is 9.49. The summed E-state index contributed by atoms with van der Waals surface area (Å²) in [5.74, 6) is -1.37. The molecule has 1 unspecified atom stereocenters. The lowest BCUT2D eigenvalue weighted by atomic mass is 10.0. The zero-order valence-electron chi connectivity index (χ0n) is 17.3. The number of benzene rings is 2. The Bertz CT molecular complexity index is 1400. The minimum atomic E-state index is -4.02. The van der Waals surface area contributed by atoms with E-state index in [2.05, 4.69) is 4.98 Å². The summed E-state index contributed by atoms with van der Waals surface area (Å²) < 4.78 is 24.8. The van der Waals surface area contributed by atoms with Gasteiger partial charge in [-0.1, -0.05) is 6.07 Å². The Morgan fingerprint density at radius 3 is 2.22 bits per heavy atom. The maximum atomic E-state index is 13.4. The van der Waals surface area contributed by atoms with Crippen LogP contribution < -0.4 is 11.1 Å². The van der Waals surface area contributed by atoms with Crippen LogP contribution in [-0.2, 0) is 13.6 Å². The molecule has 0 spiro atoms. The second-order valence-corrected chi connectivity index (χ2v) is 8.99. The van der Waals surface area contributed by atoms with E-state index < -0.39 is 45.7 Å². The molecule has 32 heavy (non-hydrogen) atoms. The van der Waals surface area contributed by atoms with Crippen LogP contribution in [0.25, 0.3) is 21.8 Å². The van der Waals surface area contributed by atoms with E-state index in [4.69, 9.17) is 9.05 Å². The molecule has 14 heteroatoms. The average Bonchev–Trinajstić information content (AvgIpc) is 2.73. The first-order valence-corrected chi connectivity index (χ1v) is 11.1. The number of hydrogen-bond donors (Lipinski definition) is 1. The van der Waals surface area contributed by atoms with Crippen molar-refractivity contribution in [3.8, 4) is 0 Å². The number of nitrogens with one attached hydrogen (secondary N) is 1. The molecule has 0 saturated carbocycles. The normalized spacial score (nSPS) is 12.8. The van der Waals surface area contributed by atoms with Crippen molar-refractivity contribution >= 4 is 40.8 Å². The Labute approximate surface area is 179 Å². The Hall–Kier alpha value is -3.41. The summed E-state index contributed by atoms with van der Waals surface area (Å²) in [5.41, 5.74) is -3.79. The van der Waals surface area contributed by atoms with Gasteiger partial charge in [0.25, 0.3) is 11.4 Å². The number of hydrogen-bond acceptors (Lipinski definition) is 9. The molecule has 0 radical (unpaired) electrons. The van der Waals surface area contributed by atoms with Gasteiger partial charge in [0.05, 0.1) is 44.9 Å². The maximum Gasteiger partial charge on any atom is 0.353 e. The third-order valence-corrected chi connectivity index (χ3v) is 7.22. The van der Waals surface area contributed by atoms with E-state index in [-0.39, 0.29) is 35.0 Å². The highest BCUT2D eigenvalue weighted by Crippen LogP contribution is 2.59. The zero-order chi connectivity index (χ0) is 23.8. The van der Waals surface area contributed by atoms with Crippen LogP contribution in [0, 0.1) is 20.2 Å². The predicted octanol–water partition coefficient (Wildman–Crippen LogP) is 3.44. The SMILES string of the molecule is CCOP(=O)(OCC)C(C)n1c(=O)c(=O)[nH]c2cc([N+](=O)[O-])c3cccc([N+](=O)[O-])c3c21. The largest absolute Gasteiger partial charge is 0.353 e. The van der Waals surface area contributed by atoms with Gasteiger partial charge in [0.2, 0.25) is 0 Å². The van der Waals surface area contributed by atoms with Gasteiger partial charge in [-0.25, -0.2) is 0 Å². The number of non-ortho nitro benzene ring substituents is 2. The molecule has 1 heterocycles. The lowest BCUT2D eigenvalue weighted by Gasteiger charge is -2.26. The molecule has 3 aromatic rings. The van der Waals surface area contributed by atoms with E-state index in [1.54, 1.807) is 13.8 Å². The molecule has 0 saturated heterocycles. The fourth-order valence-electron chi connectivity index (χ4n) is 3.57.